The number of rotatable bonds is 3. The zero-order valence-corrected chi connectivity index (χ0v) is 7.94. The number of nitrogens with zero attached hydrogens (tertiary/aromatic N) is 2. The molecule has 0 aliphatic rings. The Morgan fingerprint density at radius 3 is 2.75 bits per heavy atom. The molecule has 5 nitrogen and oxygen atoms in total. The van der Waals surface area contributed by atoms with Gasteiger partial charge in [0.2, 0.25) is 0 Å². The van der Waals surface area contributed by atoms with Crippen LogP contribution in [0.25, 0.3) is 0 Å². The molecule has 0 fully saturated rings. The van der Waals surface area contributed by atoms with Gasteiger partial charge in [-0.05, 0) is 0 Å². The van der Waals surface area contributed by atoms with Gasteiger partial charge in [0.05, 0.1) is 12.0 Å². The fraction of sp³-hybridized carbons (Fsp3) is 0.222. The number of aliphatic carboxylic acids is 1. The van der Waals surface area contributed by atoms with Gasteiger partial charge in [0.1, 0.15) is 11.8 Å². The second-order valence-corrected chi connectivity index (χ2v) is 2.94. The summed E-state index contributed by atoms with van der Waals surface area (Å²) < 4.78 is 24.9. The highest BCUT2D eigenvalue weighted by atomic mass is 19.3. The van der Waals surface area contributed by atoms with Crippen LogP contribution in [0, 0.1) is 11.3 Å². The highest BCUT2D eigenvalue weighted by molar-refractivity contribution is 5.75. The van der Waals surface area contributed by atoms with Gasteiger partial charge in [-0.2, -0.15) is 5.26 Å². The van der Waals surface area contributed by atoms with E-state index in [1.54, 1.807) is 6.07 Å². The van der Waals surface area contributed by atoms with Crippen molar-refractivity contribution in [2.45, 2.75) is 12.8 Å². The minimum atomic E-state index is -2.85. The summed E-state index contributed by atoms with van der Waals surface area (Å²) in [5.74, 6) is -1.27. The Morgan fingerprint density at radius 1 is 1.69 bits per heavy atom. The summed E-state index contributed by atoms with van der Waals surface area (Å²) in [5.41, 5.74) is 4.01. The van der Waals surface area contributed by atoms with Crippen molar-refractivity contribution >= 4 is 11.7 Å². The van der Waals surface area contributed by atoms with Crippen molar-refractivity contribution < 1.29 is 18.7 Å². The highest BCUT2D eigenvalue weighted by Gasteiger charge is 2.19. The van der Waals surface area contributed by atoms with Crippen LogP contribution >= 0.6 is 0 Å². The number of hydrogen-bond donors (Lipinski definition) is 2. The molecule has 0 amide bonds. The van der Waals surface area contributed by atoms with Crippen LogP contribution < -0.4 is 5.73 Å². The molecule has 0 saturated carbocycles. The van der Waals surface area contributed by atoms with Crippen LogP contribution in [0.3, 0.4) is 0 Å². The normalized spacial score (nSPS) is 10.1. The molecule has 3 N–H and O–H groups in total. The molecule has 84 valence electrons. The molecule has 7 heteroatoms. The third-order valence-electron chi connectivity index (χ3n) is 1.92. The van der Waals surface area contributed by atoms with Gasteiger partial charge in [0.25, 0.3) is 6.43 Å². The number of aromatic nitrogens is 1. The van der Waals surface area contributed by atoms with Crippen LogP contribution in [0.1, 0.15) is 23.2 Å². The minimum Gasteiger partial charge on any atom is -0.481 e. The molecule has 0 spiro atoms. The number of alkyl halides is 2. The van der Waals surface area contributed by atoms with Crippen LogP contribution in [-0.4, -0.2) is 16.1 Å². The molecule has 0 unspecified atom stereocenters. The molecule has 1 heterocycles. The maximum atomic E-state index is 12.4. The van der Waals surface area contributed by atoms with Gasteiger partial charge in [-0.1, -0.05) is 0 Å². The molecule has 0 saturated heterocycles. The van der Waals surface area contributed by atoms with Crippen LogP contribution in [0.15, 0.2) is 6.20 Å². The van der Waals surface area contributed by atoms with E-state index in [0.717, 1.165) is 6.20 Å². The van der Waals surface area contributed by atoms with Crippen molar-refractivity contribution in [3.63, 3.8) is 0 Å². The number of anilines is 1. The van der Waals surface area contributed by atoms with Crippen LogP contribution in [0.4, 0.5) is 14.5 Å². The quantitative estimate of drug-likeness (QED) is 0.805. The summed E-state index contributed by atoms with van der Waals surface area (Å²) in [6.07, 6.45) is -2.68. The fourth-order valence-corrected chi connectivity index (χ4v) is 1.18. The van der Waals surface area contributed by atoms with Gasteiger partial charge in [0, 0.05) is 17.4 Å². The number of carboxylic acid groups (broad SMARTS) is 1. The number of hydrogen-bond acceptors (Lipinski definition) is 4. The van der Waals surface area contributed by atoms with Crippen molar-refractivity contribution in [1.29, 1.82) is 5.26 Å². The second-order valence-electron chi connectivity index (χ2n) is 2.94. The molecular weight excluding hydrogens is 220 g/mol. The summed E-state index contributed by atoms with van der Waals surface area (Å²) in [6.45, 7) is 0. The number of pyridine rings is 1. The van der Waals surface area contributed by atoms with Crippen molar-refractivity contribution in [2.24, 2.45) is 0 Å². The summed E-state index contributed by atoms with van der Waals surface area (Å²) in [4.78, 5) is 13.9. The molecule has 0 atom stereocenters. The smallest absolute Gasteiger partial charge is 0.308 e. The number of nitrogen functional groups attached to an aromatic ring is 1. The maximum absolute atomic E-state index is 12.4. The van der Waals surface area contributed by atoms with E-state index in [0.29, 0.717) is 0 Å². The van der Waals surface area contributed by atoms with Gasteiger partial charge >= 0.3 is 5.97 Å². The maximum Gasteiger partial charge on any atom is 0.308 e. The predicted octanol–water partition coefficient (Wildman–Crippen LogP) is 1.10. The lowest BCUT2D eigenvalue weighted by atomic mass is 10.0. The molecule has 0 aromatic carbocycles. The number of nitriles is 1. The number of carbonyl (C=O) groups is 1. The monoisotopic (exact) mass is 227 g/mol. The van der Waals surface area contributed by atoms with Crippen LogP contribution in [0.5, 0.6) is 0 Å². The molecule has 0 aliphatic carbocycles. The van der Waals surface area contributed by atoms with Crippen molar-refractivity contribution in [3.05, 3.63) is 23.0 Å². The molecule has 0 bridgehead atoms. The van der Waals surface area contributed by atoms with Gasteiger partial charge in [-0.25, -0.2) is 13.8 Å². The summed E-state index contributed by atoms with van der Waals surface area (Å²) in [6, 6.07) is 1.61. The minimum absolute atomic E-state index is 0.173. The zero-order chi connectivity index (χ0) is 12.3. The van der Waals surface area contributed by atoms with Crippen molar-refractivity contribution in [1.82, 2.24) is 4.98 Å². The molecular formula is C9H7F2N3O2. The average molecular weight is 227 g/mol. The van der Waals surface area contributed by atoms with Gasteiger partial charge in [-0.3, -0.25) is 4.79 Å². The van der Waals surface area contributed by atoms with E-state index in [4.69, 9.17) is 16.1 Å². The van der Waals surface area contributed by atoms with E-state index < -0.39 is 24.4 Å². The Balaban J connectivity index is 3.35. The lowest BCUT2D eigenvalue weighted by molar-refractivity contribution is -0.136. The average Bonchev–Trinajstić information content (AvgIpc) is 2.19. The van der Waals surface area contributed by atoms with E-state index in [9.17, 15) is 13.6 Å². The molecule has 1 aromatic heterocycles. The first kappa shape index (κ1) is 11.8. The number of nitrogens with two attached hydrogens (primary N) is 1. The number of carboxylic acids is 1. The first-order valence-corrected chi connectivity index (χ1v) is 4.14. The van der Waals surface area contributed by atoms with Gasteiger partial charge in [-0.15, -0.1) is 0 Å². The molecule has 1 rings (SSSR count). The van der Waals surface area contributed by atoms with Gasteiger partial charge in [0.15, 0.2) is 0 Å². The fourth-order valence-electron chi connectivity index (χ4n) is 1.18. The van der Waals surface area contributed by atoms with Crippen molar-refractivity contribution in [2.75, 3.05) is 5.73 Å². The molecule has 1 aromatic rings. The predicted molar refractivity (Wildman–Crippen MR) is 49.7 cm³/mol. The van der Waals surface area contributed by atoms with Gasteiger partial charge < -0.3 is 10.8 Å². The van der Waals surface area contributed by atoms with E-state index in [-0.39, 0.29) is 16.9 Å². The Kier molecular flexibility index (Phi) is 3.35. The summed E-state index contributed by atoms with van der Waals surface area (Å²) in [7, 11) is 0. The Bertz CT molecular complexity index is 469. The summed E-state index contributed by atoms with van der Waals surface area (Å²) >= 11 is 0. The van der Waals surface area contributed by atoms with E-state index in [2.05, 4.69) is 4.98 Å². The highest BCUT2D eigenvalue weighted by Crippen LogP contribution is 2.28. The lowest BCUT2D eigenvalue weighted by Crippen LogP contribution is -2.10. The lowest BCUT2D eigenvalue weighted by Gasteiger charge is -2.09. The van der Waals surface area contributed by atoms with Crippen LogP contribution in [-0.2, 0) is 11.2 Å². The first-order chi connectivity index (χ1) is 7.47. The summed E-state index contributed by atoms with van der Waals surface area (Å²) in [5, 5.41) is 17.2. The standard InChI is InChI=1S/C9H7F2N3O2/c10-9(11)5-3-14-6(2-12)4(8(5)13)1-7(15)16/h3,9H,1H2,(H2,13,14)(H,15,16). The van der Waals surface area contributed by atoms with Crippen molar-refractivity contribution in [3.8, 4) is 6.07 Å². The third kappa shape index (κ3) is 2.23. The van der Waals surface area contributed by atoms with Crippen LogP contribution in [0.2, 0.25) is 0 Å². The zero-order valence-electron chi connectivity index (χ0n) is 7.94. The first-order valence-electron chi connectivity index (χ1n) is 4.14. The Morgan fingerprint density at radius 2 is 2.31 bits per heavy atom. The Hall–Kier alpha value is -2.23. The largest absolute Gasteiger partial charge is 0.481 e. The molecule has 16 heavy (non-hydrogen) atoms. The second kappa shape index (κ2) is 4.53. The SMILES string of the molecule is N#Cc1ncc(C(F)F)c(N)c1CC(=O)O. The number of halogens is 2. The Labute approximate surface area is 89.1 Å². The third-order valence-corrected chi connectivity index (χ3v) is 1.92. The topological polar surface area (TPSA) is 100 Å². The van der Waals surface area contributed by atoms with E-state index >= 15 is 0 Å². The molecule has 0 aliphatic heterocycles. The van der Waals surface area contributed by atoms with E-state index in [1.165, 1.54) is 0 Å². The molecule has 0 radical (unpaired) electrons. The van der Waals surface area contributed by atoms with E-state index in [1.807, 2.05) is 0 Å².